The molecular weight excluding hydrogens is 400 g/mol. The van der Waals surface area contributed by atoms with Gasteiger partial charge < -0.3 is 9.83 Å². The van der Waals surface area contributed by atoms with Crippen molar-refractivity contribution in [3.63, 3.8) is 0 Å². The van der Waals surface area contributed by atoms with E-state index in [1.54, 1.807) is 39.4 Å². The van der Waals surface area contributed by atoms with Gasteiger partial charge in [-0.3, -0.25) is 4.68 Å². The standard InChI is InChI=1S/C20H18N8OS/c1-22-11-20(12-27(13-20)30(21,29)16-5-3-2-4-6-16)28-10-15(9-26-28)18-17-7-8-23-19(17)25-14-24-18/h2-10,14,21H,11-13H2,(H,23,24,25). The molecule has 1 aliphatic heterocycles. The Morgan fingerprint density at radius 2 is 2.03 bits per heavy atom. The molecule has 0 bridgehead atoms. The predicted molar refractivity (Wildman–Crippen MR) is 112 cm³/mol. The normalized spacial score (nSPS) is 17.8. The van der Waals surface area contributed by atoms with Crippen LogP contribution in [0.1, 0.15) is 0 Å². The average Bonchev–Trinajstić information content (AvgIpc) is 3.40. The summed E-state index contributed by atoms with van der Waals surface area (Å²) in [5.41, 5.74) is 1.70. The highest BCUT2D eigenvalue weighted by molar-refractivity contribution is 7.90. The molecule has 1 atom stereocenters. The summed E-state index contributed by atoms with van der Waals surface area (Å²) in [5.74, 6) is 0. The van der Waals surface area contributed by atoms with Crippen molar-refractivity contribution < 1.29 is 4.21 Å². The fourth-order valence-electron chi connectivity index (χ4n) is 3.82. The zero-order valence-corrected chi connectivity index (χ0v) is 16.7. The van der Waals surface area contributed by atoms with Gasteiger partial charge in [0.05, 0.1) is 16.8 Å². The summed E-state index contributed by atoms with van der Waals surface area (Å²) in [5, 5.41) is 5.40. The molecule has 9 nitrogen and oxygen atoms in total. The Kier molecular flexibility index (Phi) is 4.16. The first-order valence-electron chi connectivity index (χ1n) is 9.29. The van der Waals surface area contributed by atoms with E-state index in [2.05, 4.69) is 24.9 Å². The lowest BCUT2D eigenvalue weighted by Crippen LogP contribution is -2.65. The fourth-order valence-corrected chi connectivity index (χ4v) is 5.49. The van der Waals surface area contributed by atoms with E-state index >= 15 is 0 Å². The molecule has 1 aliphatic rings. The first kappa shape index (κ1) is 18.5. The van der Waals surface area contributed by atoms with Gasteiger partial charge in [-0.25, -0.2) is 29.8 Å². The lowest BCUT2D eigenvalue weighted by molar-refractivity contribution is 0.0863. The molecule has 10 heteroatoms. The van der Waals surface area contributed by atoms with Crippen LogP contribution in [0.5, 0.6) is 0 Å². The molecule has 0 radical (unpaired) electrons. The van der Waals surface area contributed by atoms with E-state index in [1.807, 2.05) is 24.5 Å². The lowest BCUT2D eigenvalue weighted by atomic mass is 9.92. The molecule has 1 unspecified atom stereocenters. The summed E-state index contributed by atoms with van der Waals surface area (Å²) < 4.78 is 24.9. The van der Waals surface area contributed by atoms with Crippen LogP contribution in [-0.4, -0.2) is 52.9 Å². The summed E-state index contributed by atoms with van der Waals surface area (Å²) in [4.78, 5) is 15.7. The van der Waals surface area contributed by atoms with Gasteiger partial charge in [-0.2, -0.15) is 5.10 Å². The molecule has 3 aromatic heterocycles. The second-order valence-corrected chi connectivity index (χ2v) is 9.35. The van der Waals surface area contributed by atoms with Gasteiger partial charge in [-0.1, -0.05) is 18.2 Å². The van der Waals surface area contributed by atoms with Crippen molar-refractivity contribution >= 4 is 20.9 Å². The molecule has 150 valence electrons. The van der Waals surface area contributed by atoms with E-state index in [0.717, 1.165) is 22.3 Å². The summed E-state index contributed by atoms with van der Waals surface area (Å²) in [6.45, 7) is 8.24. The average molecular weight is 418 g/mol. The number of nitrogens with zero attached hydrogens (tertiary/aromatic N) is 6. The highest BCUT2D eigenvalue weighted by atomic mass is 32.2. The number of fused-ring (bicyclic) bond motifs is 1. The molecular formula is C20H18N8OS. The Morgan fingerprint density at radius 3 is 2.80 bits per heavy atom. The fraction of sp³-hybridized carbons (Fsp3) is 0.200. The molecule has 4 aromatic rings. The highest BCUT2D eigenvalue weighted by Gasteiger charge is 2.52. The van der Waals surface area contributed by atoms with Gasteiger partial charge in [0.1, 0.15) is 21.9 Å². The number of hydrogen-bond donors (Lipinski definition) is 2. The Labute approximate surface area is 173 Å². The van der Waals surface area contributed by atoms with E-state index < -0.39 is 15.5 Å². The molecule has 0 aliphatic carbocycles. The molecule has 30 heavy (non-hydrogen) atoms. The van der Waals surface area contributed by atoms with Crippen molar-refractivity contribution in [3.05, 3.63) is 72.7 Å². The van der Waals surface area contributed by atoms with Crippen LogP contribution < -0.4 is 0 Å². The van der Waals surface area contributed by atoms with Gasteiger partial charge in [0.15, 0.2) is 5.54 Å². The van der Waals surface area contributed by atoms with Crippen LogP contribution in [0.3, 0.4) is 0 Å². The SMILES string of the molecule is [C-]#[N+]CC1(n2cc(-c3ncnc4[nH]ccc34)cn2)CN(S(=N)(=O)c2ccccc2)C1. The Balaban J connectivity index is 1.46. The number of aromatic nitrogens is 5. The van der Waals surface area contributed by atoms with Gasteiger partial charge in [-0.05, 0) is 18.2 Å². The van der Waals surface area contributed by atoms with Gasteiger partial charge in [0, 0.05) is 36.4 Å². The molecule has 0 spiro atoms. The van der Waals surface area contributed by atoms with Crippen LogP contribution >= 0.6 is 0 Å². The number of H-pyrrole nitrogens is 1. The maximum Gasteiger partial charge on any atom is 0.242 e. The minimum atomic E-state index is -3.10. The third-order valence-corrected chi connectivity index (χ3v) is 7.33. The van der Waals surface area contributed by atoms with Gasteiger partial charge in [0.25, 0.3) is 0 Å². The lowest BCUT2D eigenvalue weighted by Gasteiger charge is -2.46. The Bertz CT molecular complexity index is 1360. The van der Waals surface area contributed by atoms with Crippen molar-refractivity contribution in [2.24, 2.45) is 0 Å². The summed E-state index contributed by atoms with van der Waals surface area (Å²) in [6.07, 6.45) is 6.90. The molecule has 0 saturated carbocycles. The van der Waals surface area contributed by atoms with Gasteiger partial charge in [0.2, 0.25) is 6.54 Å². The predicted octanol–water partition coefficient (Wildman–Crippen LogP) is 2.77. The number of aromatic amines is 1. The number of rotatable bonds is 5. The van der Waals surface area contributed by atoms with Crippen molar-refractivity contribution in [1.29, 1.82) is 4.78 Å². The first-order chi connectivity index (χ1) is 14.5. The maximum absolute atomic E-state index is 13.1. The van der Waals surface area contributed by atoms with Gasteiger partial charge >= 0.3 is 0 Å². The molecule has 2 N–H and O–H groups in total. The Hall–Kier alpha value is -3.55. The minimum absolute atomic E-state index is 0.193. The second-order valence-electron chi connectivity index (χ2n) is 7.31. The molecule has 4 heterocycles. The summed E-state index contributed by atoms with van der Waals surface area (Å²) >= 11 is 0. The second kappa shape index (κ2) is 6.76. The van der Waals surface area contributed by atoms with Crippen molar-refractivity contribution in [1.82, 2.24) is 29.0 Å². The van der Waals surface area contributed by atoms with E-state index in [-0.39, 0.29) is 6.54 Å². The zero-order chi connectivity index (χ0) is 20.8. The number of benzene rings is 1. The molecule has 1 aromatic carbocycles. The molecule has 1 fully saturated rings. The van der Waals surface area contributed by atoms with Crippen LogP contribution in [0.2, 0.25) is 0 Å². The largest absolute Gasteiger partial charge is 0.346 e. The summed E-state index contributed by atoms with van der Waals surface area (Å²) in [6, 6.07) is 10.7. The van der Waals surface area contributed by atoms with E-state index in [9.17, 15) is 4.21 Å². The number of nitrogens with one attached hydrogen (secondary N) is 2. The maximum atomic E-state index is 13.1. The third-order valence-electron chi connectivity index (χ3n) is 5.44. The number of hydrogen-bond acceptors (Lipinski definition) is 5. The van der Waals surface area contributed by atoms with Crippen LogP contribution in [0.25, 0.3) is 27.1 Å². The third kappa shape index (κ3) is 2.79. The Morgan fingerprint density at radius 1 is 1.23 bits per heavy atom. The van der Waals surface area contributed by atoms with Crippen LogP contribution in [0, 0.1) is 11.4 Å². The molecule has 0 amide bonds. The van der Waals surface area contributed by atoms with E-state index in [1.165, 1.54) is 6.33 Å². The van der Waals surface area contributed by atoms with Crippen LogP contribution in [0.4, 0.5) is 0 Å². The van der Waals surface area contributed by atoms with Crippen molar-refractivity contribution in [2.45, 2.75) is 10.4 Å². The van der Waals surface area contributed by atoms with Crippen LogP contribution in [0.15, 0.2) is 66.2 Å². The van der Waals surface area contributed by atoms with Crippen molar-refractivity contribution in [2.75, 3.05) is 19.6 Å². The summed E-state index contributed by atoms with van der Waals surface area (Å²) in [7, 11) is -3.10. The molecule has 1 saturated heterocycles. The quantitative estimate of drug-likeness (QED) is 0.486. The van der Waals surface area contributed by atoms with Gasteiger partial charge in [-0.15, -0.1) is 0 Å². The highest BCUT2D eigenvalue weighted by Crippen LogP contribution is 2.35. The first-order valence-corrected chi connectivity index (χ1v) is 10.8. The monoisotopic (exact) mass is 418 g/mol. The topological polar surface area (TPSA) is 108 Å². The smallest absolute Gasteiger partial charge is 0.242 e. The minimum Gasteiger partial charge on any atom is -0.346 e. The van der Waals surface area contributed by atoms with E-state index in [0.29, 0.717) is 18.0 Å². The van der Waals surface area contributed by atoms with Crippen LogP contribution in [-0.2, 0) is 15.5 Å². The molecule has 5 rings (SSSR count). The van der Waals surface area contributed by atoms with Crippen molar-refractivity contribution in [3.8, 4) is 11.3 Å². The zero-order valence-electron chi connectivity index (χ0n) is 15.9. The van der Waals surface area contributed by atoms with E-state index in [4.69, 9.17) is 11.4 Å².